The Morgan fingerprint density at radius 3 is 2.17 bits per heavy atom. The van der Waals surface area contributed by atoms with Crippen molar-refractivity contribution in [2.75, 3.05) is 46.3 Å². The Labute approximate surface area is 170 Å². The van der Waals surface area contributed by atoms with E-state index in [1.54, 1.807) is 12.1 Å². The second kappa shape index (κ2) is 8.50. The van der Waals surface area contributed by atoms with Gasteiger partial charge in [-0.3, -0.25) is 14.5 Å². The van der Waals surface area contributed by atoms with Gasteiger partial charge in [0.25, 0.3) is 5.91 Å². The van der Waals surface area contributed by atoms with Crippen LogP contribution in [0.3, 0.4) is 0 Å². The number of hydrogen-bond donors (Lipinski definition) is 0. The molecule has 0 radical (unpaired) electrons. The largest absolute Gasteiger partial charge is 0.338 e. The van der Waals surface area contributed by atoms with Gasteiger partial charge in [0.15, 0.2) is 0 Å². The number of aryl methyl sites for hydroxylation is 1. The van der Waals surface area contributed by atoms with Gasteiger partial charge in [-0.05, 0) is 24.1 Å². The first-order valence-corrected chi connectivity index (χ1v) is 11.1. The summed E-state index contributed by atoms with van der Waals surface area (Å²) < 4.78 is 27.1. The molecule has 1 aromatic rings. The number of urea groups is 1. The molecular formula is C19H26N4O5S. The number of carbonyl (C=O) groups is 3. The summed E-state index contributed by atoms with van der Waals surface area (Å²) in [7, 11) is -2.12. The molecule has 9 nitrogen and oxygen atoms in total. The maximum absolute atomic E-state index is 12.9. The molecule has 0 atom stereocenters. The molecule has 158 valence electrons. The molecule has 0 unspecified atom stereocenters. The van der Waals surface area contributed by atoms with Gasteiger partial charge in [0.2, 0.25) is 15.9 Å². The van der Waals surface area contributed by atoms with Gasteiger partial charge < -0.3 is 9.80 Å². The van der Waals surface area contributed by atoms with Crippen molar-refractivity contribution >= 4 is 27.9 Å². The zero-order valence-electron chi connectivity index (χ0n) is 16.7. The number of likely N-dealkylation sites (N-methyl/N-ethyl adjacent to an activating group) is 1. The van der Waals surface area contributed by atoms with E-state index in [9.17, 15) is 22.8 Å². The summed E-state index contributed by atoms with van der Waals surface area (Å²) in [5.41, 5.74) is 1.10. The third-order valence-corrected chi connectivity index (χ3v) is 7.13. The number of sulfonamides is 1. The summed E-state index contributed by atoms with van der Waals surface area (Å²) >= 11 is 0. The SMILES string of the molecule is CCCc1ccc(S(=O)(=O)N2CCN(C(=O)CN3C(=O)CN(C)C3=O)CC2)cc1. The predicted molar refractivity (Wildman–Crippen MR) is 106 cm³/mol. The van der Waals surface area contributed by atoms with E-state index in [1.807, 2.05) is 12.1 Å². The van der Waals surface area contributed by atoms with Gasteiger partial charge in [0, 0.05) is 33.2 Å². The van der Waals surface area contributed by atoms with E-state index in [4.69, 9.17) is 0 Å². The fourth-order valence-corrected chi connectivity index (χ4v) is 4.93. The van der Waals surface area contributed by atoms with Crippen molar-refractivity contribution < 1.29 is 22.8 Å². The lowest BCUT2D eigenvalue weighted by atomic mass is 10.1. The molecule has 3 rings (SSSR count). The quantitative estimate of drug-likeness (QED) is 0.617. The normalized spacial score (nSPS) is 18.6. The highest BCUT2D eigenvalue weighted by Gasteiger charge is 2.37. The van der Waals surface area contributed by atoms with E-state index in [2.05, 4.69) is 6.92 Å². The highest BCUT2D eigenvalue weighted by molar-refractivity contribution is 7.89. The van der Waals surface area contributed by atoms with Crippen LogP contribution >= 0.6 is 0 Å². The van der Waals surface area contributed by atoms with E-state index in [0.717, 1.165) is 23.3 Å². The van der Waals surface area contributed by atoms with Gasteiger partial charge in [-0.25, -0.2) is 13.2 Å². The Morgan fingerprint density at radius 1 is 1.03 bits per heavy atom. The summed E-state index contributed by atoms with van der Waals surface area (Å²) in [6.07, 6.45) is 1.89. The molecule has 1 aromatic carbocycles. The van der Waals surface area contributed by atoms with Crippen molar-refractivity contribution in [3.8, 4) is 0 Å². The summed E-state index contributed by atoms with van der Waals surface area (Å²) in [4.78, 5) is 40.1. The van der Waals surface area contributed by atoms with Gasteiger partial charge >= 0.3 is 6.03 Å². The molecular weight excluding hydrogens is 396 g/mol. The lowest BCUT2D eigenvalue weighted by molar-refractivity contribution is -0.137. The number of amides is 4. The van der Waals surface area contributed by atoms with E-state index in [-0.39, 0.29) is 50.1 Å². The summed E-state index contributed by atoms with van der Waals surface area (Å²) in [5.74, 6) is -0.762. The molecule has 10 heteroatoms. The van der Waals surface area contributed by atoms with E-state index < -0.39 is 22.0 Å². The van der Waals surface area contributed by atoms with Gasteiger partial charge in [-0.15, -0.1) is 0 Å². The lowest BCUT2D eigenvalue weighted by Gasteiger charge is -2.34. The summed E-state index contributed by atoms with van der Waals surface area (Å²) in [6.45, 7) is 2.51. The summed E-state index contributed by atoms with van der Waals surface area (Å²) in [6, 6.07) is 6.42. The van der Waals surface area contributed by atoms with Crippen molar-refractivity contribution in [3.05, 3.63) is 29.8 Å². The topological polar surface area (TPSA) is 98.3 Å². The van der Waals surface area contributed by atoms with Gasteiger partial charge in [-0.2, -0.15) is 4.31 Å². The Morgan fingerprint density at radius 2 is 1.66 bits per heavy atom. The van der Waals surface area contributed by atoms with Crippen molar-refractivity contribution in [3.63, 3.8) is 0 Å². The fourth-order valence-electron chi connectivity index (χ4n) is 3.50. The van der Waals surface area contributed by atoms with Crippen LogP contribution in [0, 0.1) is 0 Å². The van der Waals surface area contributed by atoms with E-state index in [0.29, 0.717) is 0 Å². The fraction of sp³-hybridized carbons (Fsp3) is 0.526. The molecule has 4 amide bonds. The zero-order chi connectivity index (χ0) is 21.2. The monoisotopic (exact) mass is 422 g/mol. The highest BCUT2D eigenvalue weighted by Crippen LogP contribution is 2.19. The van der Waals surface area contributed by atoms with Crippen molar-refractivity contribution in [1.29, 1.82) is 0 Å². The lowest BCUT2D eigenvalue weighted by Crippen LogP contribution is -2.53. The minimum absolute atomic E-state index is 0.0326. The number of nitrogens with zero attached hydrogens (tertiary/aromatic N) is 4. The number of piperazine rings is 1. The first-order valence-electron chi connectivity index (χ1n) is 9.66. The van der Waals surface area contributed by atoms with Gasteiger partial charge in [-0.1, -0.05) is 25.5 Å². The number of hydrogen-bond acceptors (Lipinski definition) is 5. The minimum atomic E-state index is -3.62. The molecule has 0 bridgehead atoms. The van der Waals surface area contributed by atoms with Crippen LogP contribution in [0.2, 0.25) is 0 Å². The van der Waals surface area contributed by atoms with Crippen LogP contribution in [-0.2, 0) is 26.0 Å². The Bertz CT molecular complexity index is 892. The predicted octanol–water partition coefficient (Wildman–Crippen LogP) is 0.366. The van der Waals surface area contributed by atoms with Gasteiger partial charge in [0.1, 0.15) is 13.1 Å². The molecule has 2 aliphatic heterocycles. The molecule has 0 N–H and O–H groups in total. The standard InChI is InChI=1S/C19H26N4O5S/c1-3-4-15-5-7-16(8-6-15)29(27,28)22-11-9-21(10-12-22)17(24)14-23-18(25)13-20(2)19(23)26/h5-8H,3-4,9-14H2,1-2H3. The number of rotatable bonds is 6. The Kier molecular flexibility index (Phi) is 6.23. The minimum Gasteiger partial charge on any atom is -0.338 e. The molecule has 0 aliphatic carbocycles. The average molecular weight is 423 g/mol. The number of imide groups is 1. The molecule has 2 aliphatic rings. The van der Waals surface area contributed by atoms with Crippen LogP contribution in [0.4, 0.5) is 4.79 Å². The molecule has 0 saturated carbocycles. The molecule has 0 spiro atoms. The van der Waals surface area contributed by atoms with Crippen LogP contribution in [0.15, 0.2) is 29.2 Å². The third kappa shape index (κ3) is 4.43. The average Bonchev–Trinajstić information content (AvgIpc) is 2.95. The Hall–Kier alpha value is -2.46. The molecule has 2 heterocycles. The van der Waals surface area contributed by atoms with E-state index in [1.165, 1.54) is 21.2 Å². The second-order valence-corrected chi connectivity index (χ2v) is 9.24. The maximum Gasteiger partial charge on any atom is 0.327 e. The van der Waals surface area contributed by atoms with E-state index >= 15 is 0 Å². The summed E-state index contributed by atoms with van der Waals surface area (Å²) in [5, 5.41) is 0. The Balaban J connectivity index is 1.58. The highest BCUT2D eigenvalue weighted by atomic mass is 32.2. The molecule has 29 heavy (non-hydrogen) atoms. The first-order chi connectivity index (χ1) is 13.7. The maximum atomic E-state index is 12.9. The van der Waals surface area contributed by atoms with Crippen molar-refractivity contribution in [1.82, 2.24) is 19.0 Å². The molecule has 2 saturated heterocycles. The van der Waals surface area contributed by atoms with Crippen LogP contribution in [0.5, 0.6) is 0 Å². The number of carbonyl (C=O) groups excluding carboxylic acids is 3. The first kappa shape index (κ1) is 21.3. The van der Waals surface area contributed by atoms with Crippen LogP contribution in [0.1, 0.15) is 18.9 Å². The van der Waals surface area contributed by atoms with Crippen LogP contribution in [0.25, 0.3) is 0 Å². The third-order valence-electron chi connectivity index (χ3n) is 5.22. The van der Waals surface area contributed by atoms with Crippen LogP contribution in [-0.4, -0.2) is 91.6 Å². The van der Waals surface area contributed by atoms with Crippen LogP contribution < -0.4 is 0 Å². The smallest absolute Gasteiger partial charge is 0.327 e. The molecule has 2 fully saturated rings. The van der Waals surface area contributed by atoms with Crippen molar-refractivity contribution in [2.45, 2.75) is 24.7 Å². The van der Waals surface area contributed by atoms with Crippen molar-refractivity contribution in [2.24, 2.45) is 0 Å². The number of benzene rings is 1. The second-order valence-electron chi connectivity index (χ2n) is 7.30. The van der Waals surface area contributed by atoms with Gasteiger partial charge in [0.05, 0.1) is 4.90 Å². The molecule has 0 aromatic heterocycles. The zero-order valence-corrected chi connectivity index (χ0v) is 17.5.